The molecule has 2 saturated heterocycles. The van der Waals surface area contributed by atoms with E-state index < -0.39 is 0 Å². The summed E-state index contributed by atoms with van der Waals surface area (Å²) in [5.41, 5.74) is 0.966. The number of carbonyl (C=O) groups excluding carboxylic acids is 1. The molecule has 6 heteroatoms. The Hall–Kier alpha value is -1.66. The molecule has 2 fully saturated rings. The van der Waals surface area contributed by atoms with E-state index in [4.69, 9.17) is 9.47 Å². The van der Waals surface area contributed by atoms with Crippen LogP contribution in [-0.2, 0) is 16.1 Å². The van der Waals surface area contributed by atoms with Crippen LogP contribution in [0.25, 0.3) is 0 Å². The third kappa shape index (κ3) is 4.20. The average molecular weight is 319 g/mol. The number of amides is 1. The Morgan fingerprint density at radius 2 is 2.43 bits per heavy atom. The lowest BCUT2D eigenvalue weighted by molar-refractivity contribution is -0.125. The molecule has 2 aliphatic heterocycles. The van der Waals surface area contributed by atoms with Gasteiger partial charge in [-0.2, -0.15) is 0 Å². The first-order chi connectivity index (χ1) is 11.2. The van der Waals surface area contributed by atoms with E-state index in [2.05, 4.69) is 15.2 Å². The van der Waals surface area contributed by atoms with Gasteiger partial charge >= 0.3 is 0 Å². The second kappa shape index (κ2) is 7.75. The molecule has 23 heavy (non-hydrogen) atoms. The summed E-state index contributed by atoms with van der Waals surface area (Å²) in [6.45, 7) is 3.69. The van der Waals surface area contributed by atoms with Gasteiger partial charge in [-0.05, 0) is 38.9 Å². The second-order valence-electron chi connectivity index (χ2n) is 6.38. The van der Waals surface area contributed by atoms with Gasteiger partial charge in [-0.3, -0.25) is 14.7 Å². The summed E-state index contributed by atoms with van der Waals surface area (Å²) in [7, 11) is 2.00. The normalized spacial score (nSPS) is 24.7. The molecule has 1 N–H and O–H groups in total. The fraction of sp³-hybridized carbons (Fsp3) is 0.647. The summed E-state index contributed by atoms with van der Waals surface area (Å²) in [5, 5.41) is 3.03. The number of rotatable bonds is 6. The van der Waals surface area contributed by atoms with E-state index in [-0.39, 0.29) is 11.9 Å². The number of nitrogens with zero attached hydrogens (tertiary/aromatic N) is 2. The molecule has 3 heterocycles. The summed E-state index contributed by atoms with van der Waals surface area (Å²) in [6.07, 6.45) is 6.51. The smallest absolute Gasteiger partial charge is 0.237 e. The van der Waals surface area contributed by atoms with E-state index in [0.717, 1.165) is 50.3 Å². The third-order valence-corrected chi connectivity index (χ3v) is 4.64. The predicted molar refractivity (Wildman–Crippen MR) is 86.2 cm³/mol. The molecule has 126 valence electrons. The maximum atomic E-state index is 12.3. The van der Waals surface area contributed by atoms with Crippen LogP contribution < -0.4 is 10.1 Å². The molecule has 1 aromatic rings. The maximum absolute atomic E-state index is 12.3. The molecule has 0 bridgehead atoms. The first-order valence-electron chi connectivity index (χ1n) is 8.35. The van der Waals surface area contributed by atoms with Gasteiger partial charge in [0.2, 0.25) is 5.91 Å². The highest BCUT2D eigenvalue weighted by atomic mass is 16.5. The summed E-state index contributed by atoms with van der Waals surface area (Å²) in [5.74, 6) is 1.29. The minimum Gasteiger partial charge on any atom is -0.491 e. The van der Waals surface area contributed by atoms with E-state index in [1.807, 2.05) is 13.1 Å². The number of likely N-dealkylation sites (N-methyl/N-ethyl adjacent to an activating group) is 1. The number of ether oxygens (including phenoxy) is 2. The second-order valence-corrected chi connectivity index (χ2v) is 6.38. The SMILES string of the molecule is CN1CCCC1C(=O)NCc1ccncc1OCC1CCOC1. The first kappa shape index (κ1) is 16.2. The van der Waals surface area contributed by atoms with Crippen molar-refractivity contribution in [3.8, 4) is 5.75 Å². The minimum absolute atomic E-state index is 0.00292. The molecule has 0 aliphatic carbocycles. The van der Waals surface area contributed by atoms with Gasteiger partial charge in [0.25, 0.3) is 0 Å². The third-order valence-electron chi connectivity index (χ3n) is 4.64. The van der Waals surface area contributed by atoms with Crippen LogP contribution in [0, 0.1) is 5.92 Å². The quantitative estimate of drug-likeness (QED) is 0.854. The van der Waals surface area contributed by atoms with Crippen LogP contribution in [-0.4, -0.2) is 55.2 Å². The van der Waals surface area contributed by atoms with Crippen LogP contribution in [0.5, 0.6) is 5.75 Å². The zero-order valence-corrected chi connectivity index (χ0v) is 13.7. The highest BCUT2D eigenvalue weighted by Gasteiger charge is 2.27. The Bertz CT molecular complexity index is 532. The van der Waals surface area contributed by atoms with Gasteiger partial charge < -0.3 is 14.8 Å². The highest BCUT2D eigenvalue weighted by Crippen LogP contribution is 2.20. The standard InChI is InChI=1S/C17H25N3O3/c1-20-7-2-3-15(20)17(21)19-9-14-4-6-18-10-16(14)23-12-13-5-8-22-11-13/h4,6,10,13,15H,2-3,5,7-9,11-12H2,1H3,(H,19,21). The summed E-state index contributed by atoms with van der Waals surface area (Å²) >= 11 is 0. The van der Waals surface area contributed by atoms with Crippen molar-refractivity contribution < 1.29 is 14.3 Å². The molecule has 3 rings (SSSR count). The monoisotopic (exact) mass is 319 g/mol. The number of pyridine rings is 1. The maximum Gasteiger partial charge on any atom is 0.237 e. The van der Waals surface area contributed by atoms with Crippen LogP contribution in [0.15, 0.2) is 18.5 Å². The zero-order valence-electron chi connectivity index (χ0n) is 13.7. The van der Waals surface area contributed by atoms with Crippen molar-refractivity contribution in [2.75, 3.05) is 33.4 Å². The van der Waals surface area contributed by atoms with E-state index in [1.54, 1.807) is 12.4 Å². The van der Waals surface area contributed by atoms with Crippen LogP contribution in [0.1, 0.15) is 24.8 Å². The van der Waals surface area contributed by atoms with Gasteiger partial charge in [-0.15, -0.1) is 0 Å². The van der Waals surface area contributed by atoms with Gasteiger partial charge in [0.05, 0.1) is 25.5 Å². The summed E-state index contributed by atoms with van der Waals surface area (Å²) in [6, 6.07) is 1.90. The molecule has 1 aromatic heterocycles. The molecule has 0 saturated carbocycles. The molecule has 1 amide bonds. The molecule has 2 unspecified atom stereocenters. The van der Waals surface area contributed by atoms with E-state index >= 15 is 0 Å². The summed E-state index contributed by atoms with van der Waals surface area (Å²) < 4.78 is 11.3. The Morgan fingerprint density at radius 3 is 3.17 bits per heavy atom. The molecule has 0 spiro atoms. The van der Waals surface area contributed by atoms with E-state index in [0.29, 0.717) is 19.1 Å². The van der Waals surface area contributed by atoms with Gasteiger partial charge in [-0.1, -0.05) is 0 Å². The number of carbonyl (C=O) groups is 1. The number of hydrogen-bond donors (Lipinski definition) is 1. The Labute approximate surface area is 137 Å². The lowest BCUT2D eigenvalue weighted by atomic mass is 10.1. The Kier molecular flexibility index (Phi) is 5.46. The molecule has 2 atom stereocenters. The van der Waals surface area contributed by atoms with Crippen molar-refractivity contribution in [2.45, 2.75) is 31.8 Å². The van der Waals surface area contributed by atoms with Gasteiger partial charge in [0.1, 0.15) is 5.75 Å². The first-order valence-corrected chi connectivity index (χ1v) is 8.35. The largest absolute Gasteiger partial charge is 0.491 e. The van der Waals surface area contributed by atoms with E-state index in [9.17, 15) is 4.79 Å². The van der Waals surface area contributed by atoms with Crippen molar-refractivity contribution in [2.24, 2.45) is 5.92 Å². The van der Waals surface area contributed by atoms with E-state index in [1.165, 1.54) is 0 Å². The zero-order chi connectivity index (χ0) is 16.1. The van der Waals surface area contributed by atoms with Crippen molar-refractivity contribution in [1.82, 2.24) is 15.2 Å². The lowest BCUT2D eigenvalue weighted by Crippen LogP contribution is -2.41. The topological polar surface area (TPSA) is 63.7 Å². The van der Waals surface area contributed by atoms with Crippen LogP contribution in [0.4, 0.5) is 0 Å². The predicted octanol–water partition coefficient (Wildman–Crippen LogP) is 1.21. The lowest BCUT2D eigenvalue weighted by Gasteiger charge is -2.19. The molecule has 2 aliphatic rings. The Balaban J connectivity index is 1.53. The van der Waals surface area contributed by atoms with Gasteiger partial charge in [0.15, 0.2) is 0 Å². The summed E-state index contributed by atoms with van der Waals surface area (Å²) in [4.78, 5) is 18.5. The number of likely N-dealkylation sites (tertiary alicyclic amines) is 1. The van der Waals surface area contributed by atoms with Crippen LogP contribution in [0.2, 0.25) is 0 Å². The minimum atomic E-state index is -0.00292. The molecule has 6 nitrogen and oxygen atoms in total. The molecule has 0 radical (unpaired) electrons. The fourth-order valence-corrected chi connectivity index (χ4v) is 3.15. The molecule has 0 aromatic carbocycles. The van der Waals surface area contributed by atoms with Gasteiger partial charge in [0, 0.05) is 30.8 Å². The molecular weight excluding hydrogens is 294 g/mol. The van der Waals surface area contributed by atoms with Crippen LogP contribution in [0.3, 0.4) is 0 Å². The molecular formula is C17H25N3O3. The highest BCUT2D eigenvalue weighted by molar-refractivity contribution is 5.82. The van der Waals surface area contributed by atoms with Crippen molar-refractivity contribution in [3.63, 3.8) is 0 Å². The Morgan fingerprint density at radius 1 is 1.52 bits per heavy atom. The number of hydrogen-bond acceptors (Lipinski definition) is 5. The van der Waals surface area contributed by atoms with Gasteiger partial charge in [-0.25, -0.2) is 0 Å². The van der Waals surface area contributed by atoms with Crippen molar-refractivity contribution in [1.29, 1.82) is 0 Å². The average Bonchev–Trinajstić information content (AvgIpc) is 3.23. The number of nitrogens with one attached hydrogen (secondary N) is 1. The van der Waals surface area contributed by atoms with Crippen molar-refractivity contribution in [3.05, 3.63) is 24.0 Å². The van der Waals surface area contributed by atoms with Crippen molar-refractivity contribution >= 4 is 5.91 Å². The number of aromatic nitrogens is 1. The fourth-order valence-electron chi connectivity index (χ4n) is 3.15. The van der Waals surface area contributed by atoms with Crippen LogP contribution >= 0.6 is 0 Å².